The van der Waals surface area contributed by atoms with E-state index in [4.69, 9.17) is 4.74 Å². The molecule has 0 aromatic heterocycles. The maximum absolute atomic E-state index is 9.32. The summed E-state index contributed by atoms with van der Waals surface area (Å²) in [6.45, 7) is 3.42. The van der Waals surface area contributed by atoms with Crippen molar-refractivity contribution in [3.63, 3.8) is 0 Å². The van der Waals surface area contributed by atoms with Gasteiger partial charge in [0, 0.05) is 18.7 Å². The third kappa shape index (κ3) is 3.79. The van der Waals surface area contributed by atoms with E-state index in [2.05, 4.69) is 35.2 Å². The molecule has 0 bridgehead atoms. The summed E-state index contributed by atoms with van der Waals surface area (Å²) in [6, 6.07) is 13.0. The van der Waals surface area contributed by atoms with Crippen LogP contribution in [-0.4, -0.2) is 30.2 Å². The SMILES string of the molecule is COc1cc2c(cc1CN1CCC(Cc3cccc(CO)c3)C1)CCC2. The summed E-state index contributed by atoms with van der Waals surface area (Å²) in [5.74, 6) is 1.76. The summed E-state index contributed by atoms with van der Waals surface area (Å²) in [6.07, 6.45) is 6.05. The Morgan fingerprint density at radius 3 is 2.73 bits per heavy atom. The molecule has 0 saturated carbocycles. The second kappa shape index (κ2) is 7.81. The lowest BCUT2D eigenvalue weighted by atomic mass is 9.97. The molecule has 0 spiro atoms. The molecular formula is C23H29NO2. The van der Waals surface area contributed by atoms with Crippen molar-refractivity contribution in [1.29, 1.82) is 0 Å². The first-order chi connectivity index (χ1) is 12.7. The first-order valence-corrected chi connectivity index (χ1v) is 9.85. The highest BCUT2D eigenvalue weighted by atomic mass is 16.5. The van der Waals surface area contributed by atoms with Crippen LogP contribution in [0.4, 0.5) is 0 Å². The van der Waals surface area contributed by atoms with Gasteiger partial charge in [-0.25, -0.2) is 0 Å². The Morgan fingerprint density at radius 1 is 1.12 bits per heavy atom. The van der Waals surface area contributed by atoms with Crippen LogP contribution in [-0.2, 0) is 32.4 Å². The number of hydrogen-bond acceptors (Lipinski definition) is 3. The van der Waals surface area contributed by atoms with Crippen LogP contribution in [0.5, 0.6) is 5.75 Å². The normalized spacial score (nSPS) is 19.7. The van der Waals surface area contributed by atoms with Crippen molar-refractivity contribution in [3.8, 4) is 5.75 Å². The monoisotopic (exact) mass is 351 g/mol. The second-order valence-corrected chi connectivity index (χ2v) is 7.86. The van der Waals surface area contributed by atoms with Crippen LogP contribution in [0.2, 0.25) is 0 Å². The molecule has 3 heteroatoms. The Hall–Kier alpha value is -1.84. The van der Waals surface area contributed by atoms with Crippen LogP contribution in [0, 0.1) is 5.92 Å². The molecule has 0 amide bonds. The Kier molecular flexibility index (Phi) is 5.28. The smallest absolute Gasteiger partial charge is 0.123 e. The van der Waals surface area contributed by atoms with Gasteiger partial charge in [-0.05, 0) is 72.9 Å². The number of benzene rings is 2. The molecule has 1 atom stereocenters. The fraction of sp³-hybridized carbons (Fsp3) is 0.478. The number of aliphatic hydroxyl groups is 1. The lowest BCUT2D eigenvalue weighted by Gasteiger charge is -2.19. The van der Waals surface area contributed by atoms with Gasteiger partial charge in [0.25, 0.3) is 0 Å². The zero-order valence-corrected chi connectivity index (χ0v) is 15.7. The van der Waals surface area contributed by atoms with Gasteiger partial charge in [0.15, 0.2) is 0 Å². The van der Waals surface area contributed by atoms with Crippen molar-refractivity contribution in [3.05, 3.63) is 64.2 Å². The molecule has 4 rings (SSSR count). The molecule has 1 unspecified atom stereocenters. The van der Waals surface area contributed by atoms with Crippen LogP contribution < -0.4 is 4.74 Å². The number of ether oxygens (including phenoxy) is 1. The number of nitrogens with zero attached hydrogens (tertiary/aromatic N) is 1. The molecule has 26 heavy (non-hydrogen) atoms. The molecule has 1 saturated heterocycles. The Labute approximate surface area is 156 Å². The van der Waals surface area contributed by atoms with Gasteiger partial charge in [-0.15, -0.1) is 0 Å². The molecule has 1 aliphatic carbocycles. The quantitative estimate of drug-likeness (QED) is 0.860. The highest BCUT2D eigenvalue weighted by Gasteiger charge is 2.24. The van der Waals surface area contributed by atoms with Crippen molar-refractivity contribution in [2.75, 3.05) is 20.2 Å². The van der Waals surface area contributed by atoms with E-state index in [0.717, 1.165) is 37.4 Å². The number of rotatable bonds is 6. The van der Waals surface area contributed by atoms with Gasteiger partial charge < -0.3 is 9.84 Å². The van der Waals surface area contributed by atoms with E-state index >= 15 is 0 Å². The summed E-state index contributed by atoms with van der Waals surface area (Å²) in [7, 11) is 1.79. The van der Waals surface area contributed by atoms with Gasteiger partial charge in [-0.3, -0.25) is 4.90 Å². The largest absolute Gasteiger partial charge is 0.496 e. The average molecular weight is 351 g/mol. The number of likely N-dealkylation sites (tertiary alicyclic amines) is 1. The van der Waals surface area contributed by atoms with Crippen LogP contribution >= 0.6 is 0 Å². The Bertz CT molecular complexity index is 771. The van der Waals surface area contributed by atoms with E-state index in [9.17, 15) is 5.11 Å². The summed E-state index contributed by atoms with van der Waals surface area (Å²) in [4.78, 5) is 2.57. The zero-order chi connectivity index (χ0) is 17.9. The molecule has 3 nitrogen and oxygen atoms in total. The minimum absolute atomic E-state index is 0.128. The molecule has 138 valence electrons. The van der Waals surface area contributed by atoms with Crippen LogP contribution in [0.3, 0.4) is 0 Å². The number of aliphatic hydroxyl groups excluding tert-OH is 1. The fourth-order valence-corrected chi connectivity index (χ4v) is 4.62. The van der Waals surface area contributed by atoms with E-state index in [0.29, 0.717) is 5.92 Å². The lowest BCUT2D eigenvalue weighted by molar-refractivity contribution is 0.281. The van der Waals surface area contributed by atoms with Crippen LogP contribution in [0.25, 0.3) is 0 Å². The molecule has 2 aromatic rings. The van der Waals surface area contributed by atoms with Gasteiger partial charge >= 0.3 is 0 Å². The highest BCUT2D eigenvalue weighted by Crippen LogP contribution is 2.32. The number of fused-ring (bicyclic) bond motifs is 1. The van der Waals surface area contributed by atoms with Crippen molar-refractivity contribution in [2.45, 2.75) is 45.3 Å². The van der Waals surface area contributed by atoms with Crippen molar-refractivity contribution < 1.29 is 9.84 Å². The van der Waals surface area contributed by atoms with Crippen molar-refractivity contribution >= 4 is 0 Å². The number of aryl methyl sites for hydroxylation is 2. The molecular weight excluding hydrogens is 322 g/mol. The predicted octanol–water partition coefficient (Wildman–Crippen LogP) is 3.74. The first-order valence-electron chi connectivity index (χ1n) is 9.85. The lowest BCUT2D eigenvalue weighted by Crippen LogP contribution is -2.21. The molecule has 2 aromatic carbocycles. The Balaban J connectivity index is 1.40. The maximum atomic E-state index is 9.32. The van der Waals surface area contributed by atoms with Gasteiger partial charge in [0.1, 0.15) is 5.75 Å². The highest BCUT2D eigenvalue weighted by molar-refractivity contribution is 5.44. The molecule has 1 aliphatic heterocycles. The van der Waals surface area contributed by atoms with Crippen molar-refractivity contribution in [1.82, 2.24) is 4.90 Å². The fourth-order valence-electron chi connectivity index (χ4n) is 4.62. The molecule has 2 aliphatic rings. The third-order valence-electron chi connectivity index (χ3n) is 5.96. The summed E-state index contributed by atoms with van der Waals surface area (Å²) in [5.41, 5.74) is 6.71. The van der Waals surface area contributed by atoms with E-state index in [1.807, 2.05) is 6.07 Å². The zero-order valence-electron chi connectivity index (χ0n) is 15.7. The van der Waals surface area contributed by atoms with Crippen molar-refractivity contribution in [2.24, 2.45) is 5.92 Å². The van der Waals surface area contributed by atoms with Gasteiger partial charge in [-0.1, -0.05) is 30.3 Å². The van der Waals surface area contributed by atoms with E-state index in [1.54, 1.807) is 7.11 Å². The molecule has 1 heterocycles. The Morgan fingerprint density at radius 2 is 1.92 bits per heavy atom. The van der Waals surface area contributed by atoms with E-state index in [-0.39, 0.29) is 6.61 Å². The van der Waals surface area contributed by atoms with E-state index in [1.165, 1.54) is 47.9 Å². The van der Waals surface area contributed by atoms with Gasteiger partial charge in [0.2, 0.25) is 0 Å². The van der Waals surface area contributed by atoms with Crippen LogP contribution in [0.1, 0.15) is 40.7 Å². The summed E-state index contributed by atoms with van der Waals surface area (Å²) in [5, 5.41) is 9.32. The first kappa shape index (κ1) is 17.6. The molecule has 0 radical (unpaired) electrons. The third-order valence-corrected chi connectivity index (χ3v) is 5.96. The maximum Gasteiger partial charge on any atom is 0.123 e. The number of methoxy groups -OCH3 is 1. The second-order valence-electron chi connectivity index (χ2n) is 7.86. The van der Waals surface area contributed by atoms with Gasteiger partial charge in [-0.2, -0.15) is 0 Å². The van der Waals surface area contributed by atoms with Crippen LogP contribution in [0.15, 0.2) is 36.4 Å². The average Bonchev–Trinajstić information content (AvgIpc) is 3.30. The predicted molar refractivity (Wildman–Crippen MR) is 104 cm³/mol. The summed E-state index contributed by atoms with van der Waals surface area (Å²) < 4.78 is 5.68. The topological polar surface area (TPSA) is 32.7 Å². The minimum atomic E-state index is 0.128. The molecule has 1 N–H and O–H groups in total. The minimum Gasteiger partial charge on any atom is -0.496 e. The van der Waals surface area contributed by atoms with E-state index < -0.39 is 0 Å². The summed E-state index contributed by atoms with van der Waals surface area (Å²) >= 11 is 0. The molecule has 1 fully saturated rings. The van der Waals surface area contributed by atoms with Gasteiger partial charge in [0.05, 0.1) is 13.7 Å². The number of hydrogen-bond donors (Lipinski definition) is 1. The standard InChI is InChI=1S/C23H29NO2/c1-26-23-13-21-7-3-6-20(21)12-22(23)15-24-9-8-18(14-24)10-17-4-2-5-19(11-17)16-25/h2,4-5,11-13,18,25H,3,6-10,14-16H2,1H3.